The zero-order valence-corrected chi connectivity index (χ0v) is 12.4. The van der Waals surface area contributed by atoms with Gasteiger partial charge in [0.25, 0.3) is 0 Å². The molecule has 2 N–H and O–H groups in total. The largest absolute Gasteiger partial charge is 0.394 e. The van der Waals surface area contributed by atoms with E-state index in [1.165, 1.54) is 24.3 Å². The second kappa shape index (κ2) is 6.37. The number of hydrogen-bond acceptors (Lipinski definition) is 4. The van der Waals surface area contributed by atoms with Gasteiger partial charge in [0.15, 0.2) is 0 Å². The van der Waals surface area contributed by atoms with E-state index >= 15 is 0 Å². The summed E-state index contributed by atoms with van der Waals surface area (Å²) < 4.78 is 47.5. The van der Waals surface area contributed by atoms with Gasteiger partial charge >= 0.3 is 5.76 Å². The Labute approximate surface area is 123 Å². The van der Waals surface area contributed by atoms with Crippen LogP contribution in [0.5, 0.6) is 0 Å². The minimum Gasteiger partial charge on any atom is -0.394 e. The summed E-state index contributed by atoms with van der Waals surface area (Å²) in [7, 11) is -4.53. The lowest BCUT2D eigenvalue weighted by Gasteiger charge is -2.28. The Morgan fingerprint density at radius 3 is 2.24 bits per heavy atom. The van der Waals surface area contributed by atoms with Gasteiger partial charge in [0.05, 0.1) is 11.5 Å². The first-order valence-corrected chi connectivity index (χ1v) is 8.41. The fourth-order valence-corrected chi connectivity index (χ4v) is 3.35. The molecule has 0 bridgehead atoms. The molecule has 2 rings (SSSR count). The highest BCUT2D eigenvalue weighted by atomic mass is 32.2. The molecule has 0 amide bonds. The van der Waals surface area contributed by atoms with Crippen LogP contribution in [0, 0.1) is 0 Å². The van der Waals surface area contributed by atoms with Crippen LogP contribution < -0.4 is 5.32 Å². The molecule has 1 fully saturated rings. The Morgan fingerprint density at radius 2 is 1.76 bits per heavy atom. The zero-order chi connectivity index (χ0) is 15.5. The summed E-state index contributed by atoms with van der Waals surface area (Å²) in [6, 6.07) is 5.42. The van der Waals surface area contributed by atoms with E-state index in [4.69, 9.17) is 0 Å². The lowest BCUT2D eigenvalue weighted by Crippen LogP contribution is -2.45. The maximum Gasteiger partial charge on any atom is 0.341 e. The molecule has 0 aliphatic heterocycles. The molecule has 118 valence electrons. The van der Waals surface area contributed by atoms with Crippen LogP contribution in [0.2, 0.25) is 0 Å². The second-order valence-corrected chi connectivity index (χ2v) is 7.37. The van der Waals surface area contributed by atoms with E-state index in [1.54, 1.807) is 0 Å². The maximum absolute atomic E-state index is 12.4. The SMILES string of the molecule is O=S(=O)(c1ccc(CNC2(CO)CCCC2)cc1)C(F)F. The van der Waals surface area contributed by atoms with Gasteiger partial charge in [-0.3, -0.25) is 0 Å². The van der Waals surface area contributed by atoms with Crippen LogP contribution in [-0.2, 0) is 16.4 Å². The van der Waals surface area contributed by atoms with E-state index in [1.807, 2.05) is 0 Å². The summed E-state index contributed by atoms with van der Waals surface area (Å²) in [6.45, 7) is 0.528. The molecule has 1 aromatic rings. The van der Waals surface area contributed by atoms with Crippen LogP contribution in [0.1, 0.15) is 31.2 Å². The first-order chi connectivity index (χ1) is 9.89. The summed E-state index contributed by atoms with van der Waals surface area (Å²) in [5.41, 5.74) is 0.524. The summed E-state index contributed by atoms with van der Waals surface area (Å²) in [4.78, 5) is -0.376. The van der Waals surface area contributed by atoms with Gasteiger partial charge in [0.2, 0.25) is 9.84 Å². The smallest absolute Gasteiger partial charge is 0.341 e. The van der Waals surface area contributed by atoms with E-state index in [2.05, 4.69) is 5.32 Å². The van der Waals surface area contributed by atoms with Gasteiger partial charge in [-0.2, -0.15) is 8.78 Å². The third kappa shape index (κ3) is 3.59. The van der Waals surface area contributed by atoms with Crippen molar-refractivity contribution in [2.45, 2.75) is 48.4 Å². The number of halogens is 2. The number of nitrogens with one attached hydrogen (secondary N) is 1. The van der Waals surface area contributed by atoms with Crippen LogP contribution in [0.15, 0.2) is 29.2 Å². The van der Waals surface area contributed by atoms with Gasteiger partial charge in [-0.25, -0.2) is 8.42 Å². The van der Waals surface area contributed by atoms with E-state index in [-0.39, 0.29) is 17.0 Å². The Balaban J connectivity index is 2.03. The molecule has 0 atom stereocenters. The topological polar surface area (TPSA) is 66.4 Å². The molecule has 0 unspecified atom stereocenters. The predicted octanol–water partition coefficient (Wildman–Crippen LogP) is 2.08. The highest BCUT2D eigenvalue weighted by Gasteiger charge is 2.32. The average Bonchev–Trinajstić information content (AvgIpc) is 2.95. The summed E-state index contributed by atoms with van der Waals surface area (Å²) in [5, 5.41) is 12.8. The van der Waals surface area contributed by atoms with Crippen molar-refractivity contribution < 1.29 is 22.3 Å². The van der Waals surface area contributed by atoms with Crippen molar-refractivity contribution in [1.29, 1.82) is 0 Å². The van der Waals surface area contributed by atoms with Gasteiger partial charge in [0.1, 0.15) is 0 Å². The number of benzene rings is 1. The molecule has 0 spiro atoms. The molecule has 1 aliphatic rings. The molecule has 1 saturated carbocycles. The fourth-order valence-electron chi connectivity index (χ4n) is 2.63. The number of sulfone groups is 1. The van der Waals surface area contributed by atoms with Gasteiger partial charge < -0.3 is 10.4 Å². The van der Waals surface area contributed by atoms with Crippen molar-refractivity contribution in [3.05, 3.63) is 29.8 Å². The van der Waals surface area contributed by atoms with Crippen LogP contribution in [0.3, 0.4) is 0 Å². The molecule has 0 aromatic heterocycles. The summed E-state index contributed by atoms with van der Waals surface area (Å²) >= 11 is 0. The minimum absolute atomic E-state index is 0.0604. The van der Waals surface area contributed by atoms with Crippen LogP contribution in [-0.4, -0.2) is 31.4 Å². The molecule has 0 heterocycles. The van der Waals surface area contributed by atoms with Crippen molar-refractivity contribution in [1.82, 2.24) is 5.32 Å². The van der Waals surface area contributed by atoms with Crippen molar-refractivity contribution >= 4 is 9.84 Å². The van der Waals surface area contributed by atoms with E-state index in [0.717, 1.165) is 31.2 Å². The van der Waals surface area contributed by atoms with Crippen molar-refractivity contribution in [2.75, 3.05) is 6.61 Å². The molecule has 7 heteroatoms. The van der Waals surface area contributed by atoms with Crippen molar-refractivity contribution in [2.24, 2.45) is 0 Å². The van der Waals surface area contributed by atoms with Crippen molar-refractivity contribution in [3.63, 3.8) is 0 Å². The minimum atomic E-state index is -4.53. The number of aliphatic hydroxyl groups is 1. The molecular weight excluding hydrogens is 300 g/mol. The third-order valence-electron chi connectivity index (χ3n) is 4.02. The quantitative estimate of drug-likeness (QED) is 0.842. The standard InChI is InChI=1S/C14H19F2NO3S/c15-13(16)21(19,20)12-5-3-11(4-6-12)9-17-14(10-18)7-1-2-8-14/h3-6,13,17-18H,1-2,7-10H2. The number of alkyl halides is 2. The first-order valence-electron chi connectivity index (χ1n) is 6.86. The molecule has 1 aliphatic carbocycles. The predicted molar refractivity (Wildman–Crippen MR) is 74.8 cm³/mol. The van der Waals surface area contributed by atoms with E-state index in [9.17, 15) is 22.3 Å². The molecule has 0 saturated heterocycles. The van der Waals surface area contributed by atoms with Gasteiger partial charge in [-0.15, -0.1) is 0 Å². The highest BCUT2D eigenvalue weighted by Crippen LogP contribution is 2.29. The lowest BCUT2D eigenvalue weighted by atomic mass is 9.98. The second-order valence-electron chi connectivity index (χ2n) is 5.45. The monoisotopic (exact) mass is 319 g/mol. The zero-order valence-electron chi connectivity index (χ0n) is 11.6. The van der Waals surface area contributed by atoms with Gasteiger partial charge in [0, 0.05) is 12.1 Å². The molecule has 0 radical (unpaired) electrons. The highest BCUT2D eigenvalue weighted by molar-refractivity contribution is 7.91. The Kier molecular flexibility index (Phi) is 4.95. The molecular formula is C14H19F2NO3S. The van der Waals surface area contributed by atoms with E-state index < -0.39 is 15.6 Å². The first kappa shape index (κ1) is 16.3. The summed E-state index contributed by atoms with van der Waals surface area (Å²) in [6.07, 6.45) is 3.95. The van der Waals surface area contributed by atoms with Gasteiger partial charge in [-0.05, 0) is 30.5 Å². The number of hydrogen-bond donors (Lipinski definition) is 2. The number of aliphatic hydroxyl groups excluding tert-OH is 1. The Hall–Kier alpha value is -1.05. The van der Waals surface area contributed by atoms with Crippen LogP contribution in [0.4, 0.5) is 8.78 Å². The Morgan fingerprint density at radius 1 is 1.19 bits per heavy atom. The summed E-state index contributed by atoms with van der Waals surface area (Å²) in [5.74, 6) is -3.40. The maximum atomic E-state index is 12.4. The Bertz CT molecular complexity index is 566. The average molecular weight is 319 g/mol. The molecule has 4 nitrogen and oxygen atoms in total. The van der Waals surface area contributed by atoms with Gasteiger partial charge in [-0.1, -0.05) is 25.0 Å². The van der Waals surface area contributed by atoms with Crippen LogP contribution >= 0.6 is 0 Å². The normalized spacial score (nSPS) is 18.3. The van der Waals surface area contributed by atoms with Crippen molar-refractivity contribution in [3.8, 4) is 0 Å². The van der Waals surface area contributed by atoms with E-state index in [0.29, 0.717) is 6.54 Å². The third-order valence-corrected chi connectivity index (χ3v) is 5.42. The van der Waals surface area contributed by atoms with Crippen LogP contribution in [0.25, 0.3) is 0 Å². The molecule has 21 heavy (non-hydrogen) atoms. The number of rotatable bonds is 6. The molecule has 1 aromatic carbocycles. The fraction of sp³-hybridized carbons (Fsp3) is 0.571. The lowest BCUT2D eigenvalue weighted by molar-refractivity contribution is 0.163.